The molecule has 3 rings (SSSR count). The van der Waals surface area contributed by atoms with Crippen molar-refractivity contribution in [2.24, 2.45) is 0 Å². The minimum absolute atomic E-state index is 0.00824. The molecule has 46 heavy (non-hydrogen) atoms. The number of alkyl halides is 3. The maximum absolute atomic E-state index is 12.7. The third-order valence-corrected chi connectivity index (χ3v) is 7.36. The quantitative estimate of drug-likeness (QED) is 0.156. The van der Waals surface area contributed by atoms with E-state index in [0.717, 1.165) is 39.8 Å². The van der Waals surface area contributed by atoms with E-state index in [1.807, 2.05) is 6.07 Å². The molecule has 1 aliphatic rings. The molecule has 0 aliphatic carbocycles. The zero-order valence-corrected chi connectivity index (χ0v) is 25.5. The fraction of sp³-hybridized carbons (Fsp3) is 0.414. The number of nitriles is 1. The Kier molecular flexibility index (Phi) is 11.4. The van der Waals surface area contributed by atoms with Crippen LogP contribution < -0.4 is 4.18 Å². The lowest BCUT2D eigenvalue weighted by Crippen LogP contribution is -2.59. The lowest BCUT2D eigenvalue weighted by atomic mass is 9.88. The SMILES string of the molecule is CC(=O)OC[C@H]1O[C@@H](c2ccc(C#N)c(Cc3ccc(OS(=O)(=O)C(F)(F)F)cc3)c2)[C@H](OC(C)=O)[C@@H](OC(C)=O)[C@@H]1OC(C)=O. The molecule has 5 atom stereocenters. The van der Waals surface area contributed by atoms with E-state index in [2.05, 4.69) is 4.18 Å². The summed E-state index contributed by atoms with van der Waals surface area (Å²) in [4.78, 5) is 47.9. The van der Waals surface area contributed by atoms with E-state index in [1.54, 1.807) is 0 Å². The number of esters is 4. The van der Waals surface area contributed by atoms with Gasteiger partial charge in [0.15, 0.2) is 18.3 Å². The Morgan fingerprint density at radius 3 is 1.93 bits per heavy atom. The third kappa shape index (κ3) is 9.17. The van der Waals surface area contributed by atoms with Crippen LogP contribution in [0.5, 0.6) is 5.75 Å². The molecule has 1 fully saturated rings. The van der Waals surface area contributed by atoms with Crippen LogP contribution in [0.2, 0.25) is 0 Å². The number of hydrogen-bond acceptors (Lipinski definition) is 13. The van der Waals surface area contributed by atoms with Crippen molar-refractivity contribution in [3.8, 4) is 11.8 Å². The van der Waals surface area contributed by atoms with Gasteiger partial charge < -0.3 is 27.9 Å². The minimum atomic E-state index is -5.88. The second kappa shape index (κ2) is 14.6. The molecule has 0 amide bonds. The number of carbonyl (C=O) groups excluding carboxylic acids is 4. The molecule has 0 aromatic heterocycles. The molecule has 0 unspecified atom stereocenters. The van der Waals surface area contributed by atoms with Crippen LogP contribution in [0.4, 0.5) is 13.2 Å². The fourth-order valence-corrected chi connectivity index (χ4v) is 5.06. The topological polar surface area (TPSA) is 182 Å². The molecule has 17 heteroatoms. The average molecular weight is 672 g/mol. The van der Waals surface area contributed by atoms with Crippen molar-refractivity contribution in [1.29, 1.82) is 5.26 Å². The van der Waals surface area contributed by atoms with Gasteiger partial charge in [0.2, 0.25) is 0 Å². The van der Waals surface area contributed by atoms with Gasteiger partial charge in [-0.05, 0) is 41.3 Å². The van der Waals surface area contributed by atoms with Gasteiger partial charge in [-0.1, -0.05) is 24.3 Å². The molecule has 248 valence electrons. The highest BCUT2D eigenvalue weighted by Gasteiger charge is 2.52. The Hall–Kier alpha value is -4.69. The van der Waals surface area contributed by atoms with Gasteiger partial charge in [-0.2, -0.15) is 26.9 Å². The minimum Gasteiger partial charge on any atom is -0.463 e. The zero-order valence-electron chi connectivity index (χ0n) is 24.7. The van der Waals surface area contributed by atoms with Crippen LogP contribution in [-0.4, -0.2) is 68.8 Å². The van der Waals surface area contributed by atoms with Gasteiger partial charge in [-0.25, -0.2) is 0 Å². The summed E-state index contributed by atoms with van der Waals surface area (Å²) in [6, 6.07) is 11.0. The van der Waals surface area contributed by atoms with Gasteiger partial charge in [0, 0.05) is 27.7 Å². The Morgan fingerprint density at radius 2 is 1.41 bits per heavy atom. The van der Waals surface area contributed by atoms with Crippen LogP contribution in [0.15, 0.2) is 42.5 Å². The van der Waals surface area contributed by atoms with E-state index in [-0.39, 0.29) is 12.0 Å². The number of nitrogens with zero attached hydrogens (tertiary/aromatic N) is 1. The molecule has 1 heterocycles. The van der Waals surface area contributed by atoms with Crippen LogP contribution in [-0.2, 0) is 59.4 Å². The van der Waals surface area contributed by atoms with Gasteiger partial charge >= 0.3 is 39.5 Å². The first-order chi connectivity index (χ1) is 21.4. The lowest BCUT2D eigenvalue weighted by molar-refractivity contribution is -0.254. The lowest BCUT2D eigenvalue weighted by Gasteiger charge is -2.44. The second-order valence-corrected chi connectivity index (χ2v) is 11.5. The number of carbonyl (C=O) groups is 4. The van der Waals surface area contributed by atoms with Crippen molar-refractivity contribution < 1.29 is 68.6 Å². The van der Waals surface area contributed by atoms with Crippen molar-refractivity contribution in [3.63, 3.8) is 0 Å². The van der Waals surface area contributed by atoms with E-state index in [0.29, 0.717) is 16.7 Å². The van der Waals surface area contributed by atoms with Crippen molar-refractivity contribution in [2.45, 2.75) is 70.1 Å². The van der Waals surface area contributed by atoms with Gasteiger partial charge in [-0.15, -0.1) is 0 Å². The molecule has 1 aliphatic heterocycles. The first-order valence-electron chi connectivity index (χ1n) is 13.3. The molecule has 0 saturated carbocycles. The second-order valence-electron chi connectivity index (χ2n) is 9.95. The molecule has 0 N–H and O–H groups in total. The summed E-state index contributed by atoms with van der Waals surface area (Å²) in [5.41, 5.74) is -4.35. The summed E-state index contributed by atoms with van der Waals surface area (Å²) in [5.74, 6) is -3.71. The molecule has 2 aromatic carbocycles. The highest BCUT2D eigenvalue weighted by molar-refractivity contribution is 7.88. The van der Waals surface area contributed by atoms with Crippen LogP contribution in [0, 0.1) is 11.3 Å². The smallest absolute Gasteiger partial charge is 0.463 e. The zero-order chi connectivity index (χ0) is 34.4. The van der Waals surface area contributed by atoms with Gasteiger partial charge in [0.25, 0.3) is 0 Å². The summed E-state index contributed by atoms with van der Waals surface area (Å²) >= 11 is 0. The summed E-state index contributed by atoms with van der Waals surface area (Å²) < 4.78 is 92.3. The van der Waals surface area contributed by atoms with Crippen LogP contribution in [0.3, 0.4) is 0 Å². The molecular formula is C29H28F3NO12S. The normalized spacial score (nSPS) is 21.3. The summed E-state index contributed by atoms with van der Waals surface area (Å²) in [6.45, 7) is 3.94. The predicted molar refractivity (Wildman–Crippen MR) is 147 cm³/mol. The average Bonchev–Trinajstić information content (AvgIpc) is 2.93. The first kappa shape index (κ1) is 35.8. The maximum atomic E-state index is 12.7. The molecule has 0 spiro atoms. The maximum Gasteiger partial charge on any atom is 0.534 e. The summed E-state index contributed by atoms with van der Waals surface area (Å²) in [7, 11) is -5.88. The van der Waals surface area contributed by atoms with E-state index in [1.165, 1.54) is 30.3 Å². The number of benzene rings is 2. The highest BCUT2D eigenvalue weighted by atomic mass is 32.2. The molecule has 0 bridgehead atoms. The van der Waals surface area contributed by atoms with E-state index in [9.17, 15) is 46.0 Å². The fourth-order valence-electron chi connectivity index (χ4n) is 4.60. The van der Waals surface area contributed by atoms with Crippen molar-refractivity contribution in [1.82, 2.24) is 0 Å². The molecule has 2 aromatic rings. The van der Waals surface area contributed by atoms with E-state index >= 15 is 0 Å². The summed E-state index contributed by atoms with van der Waals surface area (Å²) in [6.07, 6.45) is -6.63. The highest BCUT2D eigenvalue weighted by Crippen LogP contribution is 2.38. The number of ether oxygens (including phenoxy) is 5. The Balaban J connectivity index is 2.04. The summed E-state index contributed by atoms with van der Waals surface area (Å²) in [5, 5.41) is 9.74. The number of rotatable bonds is 10. The Bertz CT molecular complexity index is 1620. The number of halogens is 3. The van der Waals surface area contributed by atoms with Crippen molar-refractivity contribution in [3.05, 3.63) is 64.7 Å². The largest absolute Gasteiger partial charge is 0.534 e. The Morgan fingerprint density at radius 1 is 0.848 bits per heavy atom. The van der Waals surface area contributed by atoms with Crippen molar-refractivity contribution >= 4 is 34.0 Å². The van der Waals surface area contributed by atoms with Gasteiger partial charge in [0.1, 0.15) is 24.6 Å². The first-order valence-corrected chi connectivity index (χ1v) is 14.8. The van der Waals surface area contributed by atoms with Gasteiger partial charge in [0.05, 0.1) is 11.6 Å². The molecular weight excluding hydrogens is 643 g/mol. The third-order valence-electron chi connectivity index (χ3n) is 6.38. The van der Waals surface area contributed by atoms with Crippen molar-refractivity contribution in [2.75, 3.05) is 6.61 Å². The van der Waals surface area contributed by atoms with Crippen LogP contribution in [0.25, 0.3) is 0 Å². The predicted octanol–water partition coefficient (Wildman–Crippen LogP) is 3.18. The van der Waals surface area contributed by atoms with Gasteiger partial charge in [-0.3, -0.25) is 19.2 Å². The van der Waals surface area contributed by atoms with E-state index in [4.69, 9.17) is 23.7 Å². The van der Waals surface area contributed by atoms with E-state index < -0.39 is 82.4 Å². The molecule has 0 radical (unpaired) electrons. The number of hydrogen-bond donors (Lipinski definition) is 0. The molecule has 1 saturated heterocycles. The Labute approximate surface area is 261 Å². The molecule has 13 nitrogen and oxygen atoms in total. The van der Waals surface area contributed by atoms with Crippen LogP contribution in [0.1, 0.15) is 56.1 Å². The van der Waals surface area contributed by atoms with Crippen LogP contribution >= 0.6 is 0 Å². The standard InChI is InChI=1S/C29H28F3NO12S/c1-15(34)40-14-24-26(41-16(2)35)28(43-18(4)37)27(42-17(3)36)25(44-24)20-7-8-21(13-33)22(12-20)11-19-5-9-23(10-6-19)45-46(38,39)29(30,31)32/h5-10,12,24-28H,11,14H2,1-4H3/t24-,25+,26-,27+,28+/m1/s1. The monoisotopic (exact) mass is 671 g/mol.